The number of rotatable bonds is 8. The highest BCUT2D eigenvalue weighted by Gasteiger charge is 2.22. The van der Waals surface area contributed by atoms with E-state index in [4.69, 9.17) is 4.74 Å². The summed E-state index contributed by atoms with van der Waals surface area (Å²) in [4.78, 5) is 24.6. The molecule has 2 rings (SSSR count). The van der Waals surface area contributed by atoms with Gasteiger partial charge in [0.1, 0.15) is 0 Å². The van der Waals surface area contributed by atoms with E-state index in [1.54, 1.807) is 12.1 Å². The first-order valence-corrected chi connectivity index (χ1v) is 10.7. The number of ether oxygens (including phenoxy) is 1. The summed E-state index contributed by atoms with van der Waals surface area (Å²) in [6.07, 6.45) is -0.0409. The number of amides is 1. The van der Waals surface area contributed by atoms with Crippen LogP contribution in [-0.4, -0.2) is 39.2 Å². The molecule has 0 saturated heterocycles. The van der Waals surface area contributed by atoms with Crippen LogP contribution in [0.15, 0.2) is 54.6 Å². The Morgan fingerprint density at radius 3 is 2.25 bits per heavy atom. The molecule has 1 amide bonds. The molecule has 2 aromatic carbocycles. The van der Waals surface area contributed by atoms with Crippen LogP contribution in [0.3, 0.4) is 0 Å². The number of para-hydroxylation sites is 1. The molecule has 0 heterocycles. The van der Waals surface area contributed by atoms with Crippen molar-refractivity contribution >= 4 is 27.6 Å². The minimum absolute atomic E-state index is 0.0326. The SMILES string of the molecule is C[C@@H](OC(=O)c1ccccc1NS(C)(=O)=O)C(=O)NC[C@H](C)c1ccccc1. The zero-order valence-corrected chi connectivity index (χ0v) is 16.8. The van der Waals surface area contributed by atoms with E-state index in [-0.39, 0.29) is 17.2 Å². The predicted molar refractivity (Wildman–Crippen MR) is 108 cm³/mol. The van der Waals surface area contributed by atoms with E-state index in [0.717, 1.165) is 11.8 Å². The summed E-state index contributed by atoms with van der Waals surface area (Å²) in [7, 11) is -3.56. The van der Waals surface area contributed by atoms with Crippen LogP contribution in [0.2, 0.25) is 0 Å². The highest BCUT2D eigenvalue weighted by Crippen LogP contribution is 2.18. The van der Waals surface area contributed by atoms with Crippen molar-refractivity contribution in [3.8, 4) is 0 Å². The maximum Gasteiger partial charge on any atom is 0.341 e. The Morgan fingerprint density at radius 2 is 1.61 bits per heavy atom. The summed E-state index contributed by atoms with van der Waals surface area (Å²) in [5.41, 5.74) is 1.22. The third-order valence-corrected chi connectivity index (χ3v) is 4.64. The molecule has 28 heavy (non-hydrogen) atoms. The molecule has 0 aliphatic carbocycles. The van der Waals surface area contributed by atoms with Gasteiger partial charge in [-0.25, -0.2) is 13.2 Å². The van der Waals surface area contributed by atoms with E-state index in [2.05, 4.69) is 10.0 Å². The first kappa shape index (κ1) is 21.4. The van der Waals surface area contributed by atoms with Crippen LogP contribution in [-0.2, 0) is 19.6 Å². The molecule has 0 saturated carbocycles. The summed E-state index contributed by atoms with van der Waals surface area (Å²) < 4.78 is 30.4. The summed E-state index contributed by atoms with van der Waals surface area (Å²) in [6, 6.07) is 15.8. The van der Waals surface area contributed by atoms with E-state index < -0.39 is 28.0 Å². The fourth-order valence-electron chi connectivity index (χ4n) is 2.52. The molecule has 0 aromatic heterocycles. The van der Waals surface area contributed by atoms with Crippen molar-refractivity contribution in [2.45, 2.75) is 25.9 Å². The second-order valence-electron chi connectivity index (χ2n) is 6.52. The van der Waals surface area contributed by atoms with E-state index in [9.17, 15) is 18.0 Å². The molecule has 0 unspecified atom stereocenters. The van der Waals surface area contributed by atoms with Crippen molar-refractivity contribution < 1.29 is 22.7 Å². The topological polar surface area (TPSA) is 102 Å². The fourth-order valence-corrected chi connectivity index (χ4v) is 3.10. The van der Waals surface area contributed by atoms with Crippen LogP contribution < -0.4 is 10.0 Å². The minimum atomic E-state index is -3.56. The van der Waals surface area contributed by atoms with Gasteiger partial charge in [-0.15, -0.1) is 0 Å². The normalized spacial score (nSPS) is 13.2. The lowest BCUT2D eigenvalue weighted by Crippen LogP contribution is -2.37. The van der Waals surface area contributed by atoms with Gasteiger partial charge in [-0.3, -0.25) is 9.52 Å². The van der Waals surface area contributed by atoms with Crippen LogP contribution >= 0.6 is 0 Å². The van der Waals surface area contributed by atoms with E-state index >= 15 is 0 Å². The van der Waals surface area contributed by atoms with E-state index in [1.165, 1.54) is 19.1 Å². The van der Waals surface area contributed by atoms with Gasteiger partial charge >= 0.3 is 5.97 Å². The van der Waals surface area contributed by atoms with Crippen LogP contribution in [0.25, 0.3) is 0 Å². The standard InChI is InChI=1S/C20H24N2O5S/c1-14(16-9-5-4-6-10-16)13-21-19(23)15(2)27-20(24)17-11-7-8-12-18(17)22-28(3,25)26/h4-12,14-15,22H,13H2,1-3H3,(H,21,23)/t14-,15+/m0/s1. The number of carbonyl (C=O) groups is 2. The molecule has 2 atom stereocenters. The fraction of sp³-hybridized carbons (Fsp3) is 0.300. The molecule has 0 radical (unpaired) electrons. The number of hydrogen-bond donors (Lipinski definition) is 2. The molecular weight excluding hydrogens is 380 g/mol. The zero-order chi connectivity index (χ0) is 20.7. The van der Waals surface area contributed by atoms with Gasteiger partial charge in [-0.05, 0) is 30.5 Å². The smallest absolute Gasteiger partial charge is 0.341 e. The second kappa shape index (κ2) is 9.36. The third-order valence-electron chi connectivity index (χ3n) is 4.05. The molecule has 0 aliphatic heterocycles. The molecule has 0 aliphatic rings. The minimum Gasteiger partial charge on any atom is -0.449 e. The largest absolute Gasteiger partial charge is 0.449 e. The molecule has 0 bridgehead atoms. The maximum absolute atomic E-state index is 12.4. The van der Waals surface area contributed by atoms with Gasteiger partial charge in [0.2, 0.25) is 10.0 Å². The van der Waals surface area contributed by atoms with Crippen molar-refractivity contribution in [3.05, 3.63) is 65.7 Å². The number of benzene rings is 2. The lowest BCUT2D eigenvalue weighted by Gasteiger charge is -2.17. The average Bonchev–Trinajstić information content (AvgIpc) is 2.65. The number of anilines is 1. The molecule has 0 spiro atoms. The Morgan fingerprint density at radius 1 is 1.00 bits per heavy atom. The van der Waals surface area contributed by atoms with E-state index in [0.29, 0.717) is 6.54 Å². The van der Waals surface area contributed by atoms with Gasteiger partial charge in [-0.2, -0.15) is 0 Å². The first-order chi connectivity index (χ1) is 13.2. The third kappa shape index (κ3) is 6.38. The van der Waals surface area contributed by atoms with Crippen molar-refractivity contribution in [2.24, 2.45) is 0 Å². The Balaban J connectivity index is 1.96. The van der Waals surface area contributed by atoms with Gasteiger partial charge in [0, 0.05) is 6.54 Å². The van der Waals surface area contributed by atoms with Gasteiger partial charge in [0.15, 0.2) is 6.10 Å². The highest BCUT2D eigenvalue weighted by molar-refractivity contribution is 7.92. The molecular formula is C20H24N2O5S. The zero-order valence-electron chi connectivity index (χ0n) is 16.0. The predicted octanol–water partition coefficient (Wildman–Crippen LogP) is 2.52. The Kier molecular flexibility index (Phi) is 7.17. The van der Waals surface area contributed by atoms with Crippen LogP contribution in [0, 0.1) is 0 Å². The van der Waals surface area contributed by atoms with Crippen molar-refractivity contribution in [3.63, 3.8) is 0 Å². The molecule has 0 fully saturated rings. The number of carbonyl (C=O) groups excluding carboxylic acids is 2. The van der Waals surface area contributed by atoms with Crippen molar-refractivity contribution in [2.75, 3.05) is 17.5 Å². The van der Waals surface area contributed by atoms with Gasteiger partial charge in [-0.1, -0.05) is 49.4 Å². The monoisotopic (exact) mass is 404 g/mol. The molecule has 8 heteroatoms. The lowest BCUT2D eigenvalue weighted by atomic mass is 10.0. The van der Waals surface area contributed by atoms with E-state index in [1.807, 2.05) is 37.3 Å². The highest BCUT2D eigenvalue weighted by atomic mass is 32.2. The summed E-state index contributed by atoms with van der Waals surface area (Å²) in [5, 5.41) is 2.76. The maximum atomic E-state index is 12.4. The number of esters is 1. The lowest BCUT2D eigenvalue weighted by molar-refractivity contribution is -0.129. The number of hydrogen-bond acceptors (Lipinski definition) is 5. The van der Waals surface area contributed by atoms with Crippen molar-refractivity contribution in [1.29, 1.82) is 0 Å². The molecule has 2 aromatic rings. The Labute approximate surface area is 165 Å². The number of sulfonamides is 1. The van der Waals surface area contributed by atoms with Gasteiger partial charge < -0.3 is 10.1 Å². The second-order valence-corrected chi connectivity index (χ2v) is 8.27. The van der Waals surface area contributed by atoms with Crippen LogP contribution in [0.1, 0.15) is 35.7 Å². The summed E-state index contributed by atoms with van der Waals surface area (Å²) >= 11 is 0. The quantitative estimate of drug-likeness (QED) is 0.659. The van der Waals surface area contributed by atoms with Crippen LogP contribution in [0.5, 0.6) is 0 Å². The summed E-state index contributed by atoms with van der Waals surface area (Å²) in [5.74, 6) is -1.11. The first-order valence-electron chi connectivity index (χ1n) is 8.78. The molecule has 7 nitrogen and oxygen atoms in total. The van der Waals surface area contributed by atoms with Crippen molar-refractivity contribution in [1.82, 2.24) is 5.32 Å². The van der Waals surface area contributed by atoms with Gasteiger partial charge in [0.25, 0.3) is 5.91 Å². The molecule has 2 N–H and O–H groups in total. The van der Waals surface area contributed by atoms with Gasteiger partial charge in [0.05, 0.1) is 17.5 Å². The molecule has 150 valence electrons. The number of nitrogens with one attached hydrogen (secondary N) is 2. The Bertz CT molecular complexity index is 929. The Hall–Kier alpha value is -2.87. The average molecular weight is 404 g/mol. The van der Waals surface area contributed by atoms with Crippen LogP contribution in [0.4, 0.5) is 5.69 Å². The summed E-state index contributed by atoms with van der Waals surface area (Å²) in [6.45, 7) is 3.85.